The molecule has 4 nitrogen and oxygen atoms in total. The van der Waals surface area contributed by atoms with Crippen molar-refractivity contribution in [3.05, 3.63) is 69.0 Å². The first-order valence-corrected chi connectivity index (χ1v) is 6.11. The van der Waals surface area contributed by atoms with Gasteiger partial charge in [0.25, 0.3) is 0 Å². The van der Waals surface area contributed by atoms with E-state index in [1.165, 1.54) is 12.1 Å². The van der Waals surface area contributed by atoms with Gasteiger partial charge in [-0.15, -0.1) is 0 Å². The second-order valence-corrected chi connectivity index (χ2v) is 4.56. The topological polar surface area (TPSA) is 52.4 Å². The summed E-state index contributed by atoms with van der Waals surface area (Å²) < 4.78 is 19.4. The zero-order valence-corrected chi connectivity index (χ0v) is 11.2. The maximum absolute atomic E-state index is 13.9. The Morgan fingerprint density at radius 2 is 2.00 bits per heavy atom. The van der Waals surface area contributed by atoms with Crippen LogP contribution in [0.3, 0.4) is 0 Å². The fourth-order valence-electron chi connectivity index (χ4n) is 1.94. The molecule has 0 amide bonds. The summed E-state index contributed by atoms with van der Waals surface area (Å²) in [6.45, 7) is 3.82. The van der Waals surface area contributed by atoms with Crippen molar-refractivity contribution in [3.63, 3.8) is 0 Å². The van der Waals surface area contributed by atoms with Crippen LogP contribution in [-0.2, 0) is 6.61 Å². The number of nitro groups is 1. The number of aryl methyl sites for hydroxylation is 2. The minimum atomic E-state index is -0.845. The average molecular weight is 275 g/mol. The van der Waals surface area contributed by atoms with Gasteiger partial charge < -0.3 is 4.74 Å². The molecule has 104 valence electrons. The van der Waals surface area contributed by atoms with E-state index in [1.54, 1.807) is 6.07 Å². The van der Waals surface area contributed by atoms with Gasteiger partial charge in [0.1, 0.15) is 12.4 Å². The lowest BCUT2D eigenvalue weighted by Gasteiger charge is -2.10. The van der Waals surface area contributed by atoms with Crippen LogP contribution in [0.2, 0.25) is 0 Å². The molecule has 0 atom stereocenters. The van der Waals surface area contributed by atoms with Crippen LogP contribution in [0.1, 0.15) is 16.7 Å². The van der Waals surface area contributed by atoms with Gasteiger partial charge in [0.05, 0.1) is 4.92 Å². The number of halogens is 1. The molecular weight excluding hydrogens is 261 g/mol. The van der Waals surface area contributed by atoms with Crippen LogP contribution in [0, 0.1) is 29.8 Å². The fourth-order valence-corrected chi connectivity index (χ4v) is 1.94. The van der Waals surface area contributed by atoms with Gasteiger partial charge >= 0.3 is 5.69 Å². The lowest BCUT2D eigenvalue weighted by Crippen LogP contribution is -2.02. The molecule has 0 heterocycles. The quantitative estimate of drug-likeness (QED) is 0.627. The highest BCUT2D eigenvalue weighted by molar-refractivity contribution is 5.38. The van der Waals surface area contributed by atoms with E-state index < -0.39 is 16.4 Å². The van der Waals surface area contributed by atoms with Gasteiger partial charge in [0.2, 0.25) is 5.82 Å². The Morgan fingerprint density at radius 3 is 2.65 bits per heavy atom. The predicted octanol–water partition coefficient (Wildman–Crippen LogP) is 3.93. The number of benzene rings is 2. The maximum atomic E-state index is 13.9. The first-order chi connectivity index (χ1) is 9.49. The van der Waals surface area contributed by atoms with Crippen molar-refractivity contribution >= 4 is 5.69 Å². The molecule has 0 N–H and O–H groups in total. The number of nitrogens with zero attached hydrogens (tertiary/aromatic N) is 1. The van der Waals surface area contributed by atoms with E-state index in [0.29, 0.717) is 5.75 Å². The van der Waals surface area contributed by atoms with Crippen LogP contribution in [0.25, 0.3) is 0 Å². The summed E-state index contributed by atoms with van der Waals surface area (Å²) in [5, 5.41) is 10.7. The molecule has 0 spiro atoms. The summed E-state index contributed by atoms with van der Waals surface area (Å²) in [6.07, 6.45) is 0. The normalized spacial score (nSPS) is 10.3. The third-order valence-corrected chi connectivity index (χ3v) is 2.97. The number of hydrogen-bond acceptors (Lipinski definition) is 3. The van der Waals surface area contributed by atoms with Gasteiger partial charge in [-0.1, -0.05) is 29.8 Å². The summed E-state index contributed by atoms with van der Waals surface area (Å²) >= 11 is 0. The molecule has 0 bridgehead atoms. The Bertz CT molecular complexity index is 656. The average Bonchev–Trinajstić information content (AvgIpc) is 2.39. The zero-order chi connectivity index (χ0) is 14.7. The number of rotatable bonds is 4. The second-order valence-electron chi connectivity index (χ2n) is 4.56. The highest BCUT2D eigenvalue weighted by atomic mass is 19.1. The number of hydrogen-bond donors (Lipinski definition) is 0. The molecule has 0 saturated carbocycles. The van der Waals surface area contributed by atoms with Crippen LogP contribution in [-0.4, -0.2) is 4.92 Å². The highest BCUT2D eigenvalue weighted by Gasteiger charge is 2.17. The van der Waals surface area contributed by atoms with Crippen LogP contribution >= 0.6 is 0 Å². The van der Waals surface area contributed by atoms with Crippen molar-refractivity contribution in [1.82, 2.24) is 0 Å². The third-order valence-electron chi connectivity index (χ3n) is 2.97. The fraction of sp³-hybridized carbons (Fsp3) is 0.200. The van der Waals surface area contributed by atoms with Gasteiger partial charge in [-0.3, -0.25) is 10.1 Å². The van der Waals surface area contributed by atoms with E-state index in [2.05, 4.69) is 0 Å². The molecule has 5 heteroatoms. The monoisotopic (exact) mass is 275 g/mol. The van der Waals surface area contributed by atoms with Crippen molar-refractivity contribution in [2.45, 2.75) is 20.5 Å². The second kappa shape index (κ2) is 5.69. The van der Waals surface area contributed by atoms with Gasteiger partial charge in [-0.05, 0) is 25.5 Å². The van der Waals surface area contributed by atoms with E-state index in [0.717, 1.165) is 17.2 Å². The highest BCUT2D eigenvalue weighted by Crippen LogP contribution is 2.23. The zero-order valence-electron chi connectivity index (χ0n) is 11.2. The minimum absolute atomic E-state index is 0.0442. The Hall–Kier alpha value is -2.43. The molecule has 0 aliphatic heterocycles. The number of ether oxygens (including phenoxy) is 1. The van der Waals surface area contributed by atoms with E-state index in [1.807, 2.05) is 26.0 Å². The first kappa shape index (κ1) is 14.0. The van der Waals surface area contributed by atoms with Crippen molar-refractivity contribution in [2.24, 2.45) is 0 Å². The Balaban J connectivity index is 2.19. The first-order valence-electron chi connectivity index (χ1n) is 6.11. The molecule has 0 aliphatic rings. The van der Waals surface area contributed by atoms with Gasteiger partial charge in [0, 0.05) is 11.6 Å². The standard InChI is InChI=1S/C15H14FNO3/c1-10-6-7-14(11(2)8-10)20-9-12-4-3-5-13(15(12)16)17(18)19/h3-8H,9H2,1-2H3. The van der Waals surface area contributed by atoms with Crippen LogP contribution < -0.4 is 4.74 Å². The van der Waals surface area contributed by atoms with E-state index in [4.69, 9.17) is 4.74 Å². The van der Waals surface area contributed by atoms with Crippen LogP contribution in [0.15, 0.2) is 36.4 Å². The minimum Gasteiger partial charge on any atom is -0.489 e. The van der Waals surface area contributed by atoms with Gasteiger partial charge in [-0.2, -0.15) is 4.39 Å². The van der Waals surface area contributed by atoms with Crippen molar-refractivity contribution in [1.29, 1.82) is 0 Å². The lowest BCUT2D eigenvalue weighted by atomic mass is 10.1. The molecule has 0 aliphatic carbocycles. The molecular formula is C15H14FNO3. The SMILES string of the molecule is Cc1ccc(OCc2cccc([N+](=O)[O-])c2F)c(C)c1. The molecule has 2 aromatic rings. The molecule has 0 unspecified atom stereocenters. The molecule has 2 rings (SSSR count). The summed E-state index contributed by atoms with van der Waals surface area (Å²) in [4.78, 5) is 9.92. The molecule has 0 fully saturated rings. The summed E-state index contributed by atoms with van der Waals surface area (Å²) in [5.41, 5.74) is 1.68. The van der Waals surface area contributed by atoms with E-state index in [9.17, 15) is 14.5 Å². The molecule has 20 heavy (non-hydrogen) atoms. The Morgan fingerprint density at radius 1 is 1.25 bits per heavy atom. The Kier molecular flexibility index (Phi) is 3.98. The molecule has 0 saturated heterocycles. The number of nitro benzene ring substituents is 1. The summed E-state index contributed by atoms with van der Waals surface area (Å²) in [6, 6.07) is 9.72. The molecule has 0 aromatic heterocycles. The largest absolute Gasteiger partial charge is 0.489 e. The van der Waals surface area contributed by atoms with Crippen molar-refractivity contribution < 1.29 is 14.1 Å². The molecule has 0 radical (unpaired) electrons. The maximum Gasteiger partial charge on any atom is 0.305 e. The van der Waals surface area contributed by atoms with Crippen LogP contribution in [0.5, 0.6) is 5.75 Å². The van der Waals surface area contributed by atoms with E-state index >= 15 is 0 Å². The lowest BCUT2D eigenvalue weighted by molar-refractivity contribution is -0.387. The van der Waals surface area contributed by atoms with Crippen molar-refractivity contribution in [2.75, 3.05) is 0 Å². The predicted molar refractivity (Wildman–Crippen MR) is 73.3 cm³/mol. The Labute approximate surface area is 116 Å². The summed E-state index contributed by atoms with van der Waals surface area (Å²) in [5.74, 6) is -0.205. The van der Waals surface area contributed by atoms with Crippen molar-refractivity contribution in [3.8, 4) is 5.75 Å². The smallest absolute Gasteiger partial charge is 0.305 e. The summed E-state index contributed by atoms with van der Waals surface area (Å²) in [7, 11) is 0. The third kappa shape index (κ3) is 2.93. The van der Waals surface area contributed by atoms with Gasteiger partial charge in [-0.25, -0.2) is 0 Å². The molecule has 2 aromatic carbocycles. The van der Waals surface area contributed by atoms with Gasteiger partial charge in [0.15, 0.2) is 0 Å². The van der Waals surface area contributed by atoms with E-state index in [-0.39, 0.29) is 12.2 Å². The van der Waals surface area contributed by atoms with Crippen LogP contribution in [0.4, 0.5) is 10.1 Å².